The first-order chi connectivity index (χ1) is 19.0. The van der Waals surface area contributed by atoms with Crippen molar-refractivity contribution in [1.82, 2.24) is 10.6 Å². The molecule has 1 aliphatic rings. The SMILES string of the molecule is CC.CC(C)(C)CC1NCC(c2cccc(Cl)c2F)C1C(=O)Nc1cccc(Cl)c1.CCCC(CCC)NC=O. The molecule has 3 N–H and O–H groups in total. The van der Waals surface area contributed by atoms with Gasteiger partial charge in [0.05, 0.1) is 10.9 Å². The van der Waals surface area contributed by atoms with Gasteiger partial charge < -0.3 is 16.0 Å². The molecule has 1 aliphatic heterocycles. The average Bonchev–Trinajstić information content (AvgIpc) is 3.29. The van der Waals surface area contributed by atoms with Gasteiger partial charge in [-0.25, -0.2) is 4.39 Å². The number of carbonyl (C=O) groups is 2. The molecule has 2 aromatic carbocycles. The molecule has 40 heavy (non-hydrogen) atoms. The van der Waals surface area contributed by atoms with Gasteiger partial charge in [0.1, 0.15) is 5.82 Å². The Balaban J connectivity index is 0.000000565. The van der Waals surface area contributed by atoms with Gasteiger partial charge in [-0.05, 0) is 54.5 Å². The van der Waals surface area contributed by atoms with Crippen LogP contribution in [0.4, 0.5) is 10.1 Å². The Morgan fingerprint density at radius 2 is 1.73 bits per heavy atom. The lowest BCUT2D eigenvalue weighted by atomic mass is 9.78. The highest BCUT2D eigenvalue weighted by atomic mass is 35.5. The predicted molar refractivity (Wildman–Crippen MR) is 168 cm³/mol. The smallest absolute Gasteiger partial charge is 0.229 e. The van der Waals surface area contributed by atoms with Gasteiger partial charge in [-0.1, -0.05) is 103 Å². The molecule has 224 valence electrons. The lowest BCUT2D eigenvalue weighted by Crippen LogP contribution is -2.38. The minimum absolute atomic E-state index is 0.0218. The standard InChI is InChI=1S/C22H25Cl2FN2O.C8H17NO.C2H6/c1-22(2,3)11-18-19(21(28)27-14-7-4-6-13(23)10-14)16(12-26-18)15-8-5-9-17(24)20(15)25;1-3-5-8(6-4-2)9-7-10;1-2/h4-10,16,18-19,26H,11-12H2,1-3H3,(H,27,28);7-8H,3-6H2,1-2H3,(H,9,10);1-2H3. The third-order valence-corrected chi connectivity index (χ3v) is 7.18. The summed E-state index contributed by atoms with van der Waals surface area (Å²) in [7, 11) is 0. The fraction of sp³-hybridized carbons (Fsp3) is 0.562. The van der Waals surface area contributed by atoms with Crippen LogP contribution in [0.25, 0.3) is 0 Å². The molecule has 2 aromatic rings. The number of amides is 2. The number of nitrogens with one attached hydrogen (secondary N) is 3. The summed E-state index contributed by atoms with van der Waals surface area (Å²) in [4.78, 5) is 23.3. The van der Waals surface area contributed by atoms with Gasteiger partial charge in [-0.2, -0.15) is 0 Å². The van der Waals surface area contributed by atoms with Gasteiger partial charge in [0.15, 0.2) is 0 Å². The number of rotatable bonds is 10. The lowest BCUT2D eigenvalue weighted by Gasteiger charge is -2.29. The third kappa shape index (κ3) is 11.8. The highest BCUT2D eigenvalue weighted by Gasteiger charge is 2.44. The van der Waals surface area contributed by atoms with Gasteiger partial charge in [-0.15, -0.1) is 0 Å². The third-order valence-electron chi connectivity index (χ3n) is 6.65. The molecular weight excluding hydrogens is 548 g/mol. The second-order valence-electron chi connectivity index (χ2n) is 11.1. The molecule has 1 heterocycles. The van der Waals surface area contributed by atoms with E-state index >= 15 is 0 Å². The molecule has 2 amide bonds. The van der Waals surface area contributed by atoms with E-state index in [9.17, 15) is 14.0 Å². The topological polar surface area (TPSA) is 70.2 Å². The number of halogens is 3. The van der Waals surface area contributed by atoms with Crippen molar-refractivity contribution in [3.63, 3.8) is 0 Å². The van der Waals surface area contributed by atoms with Crippen LogP contribution in [-0.2, 0) is 9.59 Å². The number of hydrogen-bond acceptors (Lipinski definition) is 3. The van der Waals surface area contributed by atoms with Gasteiger partial charge in [0.2, 0.25) is 12.3 Å². The largest absolute Gasteiger partial charge is 0.356 e. The summed E-state index contributed by atoms with van der Waals surface area (Å²) in [5, 5.41) is 9.82. The van der Waals surface area contributed by atoms with Crippen LogP contribution in [0.15, 0.2) is 42.5 Å². The molecule has 5 nitrogen and oxygen atoms in total. The van der Waals surface area contributed by atoms with Crippen LogP contribution in [-0.4, -0.2) is 30.9 Å². The Labute approximate surface area is 251 Å². The molecule has 3 atom stereocenters. The van der Waals surface area contributed by atoms with Crippen LogP contribution in [0.5, 0.6) is 0 Å². The number of carbonyl (C=O) groups excluding carboxylic acids is 2. The summed E-state index contributed by atoms with van der Waals surface area (Å²) >= 11 is 12.0. The van der Waals surface area contributed by atoms with Crippen molar-refractivity contribution in [2.75, 3.05) is 11.9 Å². The Morgan fingerprint density at radius 1 is 1.10 bits per heavy atom. The maximum Gasteiger partial charge on any atom is 0.229 e. The lowest BCUT2D eigenvalue weighted by molar-refractivity contribution is -0.120. The number of benzene rings is 2. The summed E-state index contributed by atoms with van der Waals surface area (Å²) in [6.07, 6.45) is 6.09. The zero-order valence-electron chi connectivity index (χ0n) is 25.1. The molecule has 0 aromatic heterocycles. The summed E-state index contributed by atoms with van der Waals surface area (Å²) in [6, 6.07) is 12.3. The van der Waals surface area contributed by atoms with Crippen molar-refractivity contribution in [2.24, 2.45) is 11.3 Å². The van der Waals surface area contributed by atoms with E-state index in [0.29, 0.717) is 28.9 Å². The summed E-state index contributed by atoms with van der Waals surface area (Å²) < 4.78 is 14.7. The molecule has 0 aliphatic carbocycles. The van der Waals surface area contributed by atoms with Crippen LogP contribution in [0.2, 0.25) is 10.0 Å². The fourth-order valence-electron chi connectivity index (χ4n) is 5.04. The van der Waals surface area contributed by atoms with E-state index < -0.39 is 11.7 Å². The van der Waals surface area contributed by atoms with E-state index in [1.807, 2.05) is 13.8 Å². The van der Waals surface area contributed by atoms with E-state index in [4.69, 9.17) is 23.2 Å². The zero-order valence-corrected chi connectivity index (χ0v) is 26.6. The Morgan fingerprint density at radius 3 is 2.27 bits per heavy atom. The molecule has 0 spiro atoms. The molecular formula is C32H48Cl2FN3O2. The maximum atomic E-state index is 14.7. The second kappa shape index (κ2) is 18.3. The average molecular weight is 597 g/mol. The van der Waals surface area contributed by atoms with E-state index in [-0.39, 0.29) is 28.3 Å². The van der Waals surface area contributed by atoms with E-state index in [0.717, 1.165) is 38.5 Å². The van der Waals surface area contributed by atoms with Crippen LogP contribution in [0.1, 0.15) is 92.1 Å². The van der Waals surface area contributed by atoms with Crippen LogP contribution in [0.3, 0.4) is 0 Å². The monoisotopic (exact) mass is 595 g/mol. The fourth-order valence-corrected chi connectivity index (χ4v) is 5.42. The zero-order chi connectivity index (χ0) is 30.3. The molecule has 8 heteroatoms. The minimum Gasteiger partial charge on any atom is -0.356 e. The normalized spacial score (nSPS) is 18.2. The van der Waals surface area contributed by atoms with Crippen molar-refractivity contribution in [3.05, 3.63) is 63.9 Å². The molecule has 0 bridgehead atoms. The van der Waals surface area contributed by atoms with Crippen LogP contribution >= 0.6 is 23.2 Å². The highest BCUT2D eigenvalue weighted by Crippen LogP contribution is 2.39. The quantitative estimate of drug-likeness (QED) is 0.241. The summed E-state index contributed by atoms with van der Waals surface area (Å²) in [6.45, 7) is 15.2. The van der Waals surface area contributed by atoms with Crippen molar-refractivity contribution in [2.45, 2.75) is 98.6 Å². The van der Waals surface area contributed by atoms with Crippen LogP contribution in [0, 0.1) is 17.2 Å². The van der Waals surface area contributed by atoms with E-state index in [1.54, 1.807) is 36.4 Å². The van der Waals surface area contributed by atoms with E-state index in [1.165, 1.54) is 6.07 Å². The first-order valence-corrected chi connectivity index (χ1v) is 15.2. The van der Waals surface area contributed by atoms with Gasteiger partial charge >= 0.3 is 0 Å². The first-order valence-electron chi connectivity index (χ1n) is 14.4. The van der Waals surface area contributed by atoms with Gasteiger partial charge in [-0.3, -0.25) is 9.59 Å². The summed E-state index contributed by atoms with van der Waals surface area (Å²) in [5.41, 5.74) is 1.13. The number of anilines is 1. The Hall–Kier alpha value is -2.15. The van der Waals surface area contributed by atoms with Gasteiger partial charge in [0, 0.05) is 35.3 Å². The maximum absolute atomic E-state index is 14.7. The van der Waals surface area contributed by atoms with Crippen molar-refractivity contribution < 1.29 is 14.0 Å². The van der Waals surface area contributed by atoms with E-state index in [2.05, 4.69) is 50.6 Å². The Bertz CT molecular complexity index is 1040. The molecule has 0 radical (unpaired) electrons. The highest BCUT2D eigenvalue weighted by molar-refractivity contribution is 6.31. The minimum atomic E-state index is -0.451. The predicted octanol–water partition coefficient (Wildman–Crippen LogP) is 8.61. The summed E-state index contributed by atoms with van der Waals surface area (Å²) in [5.74, 6) is -1.32. The van der Waals surface area contributed by atoms with Crippen molar-refractivity contribution in [1.29, 1.82) is 0 Å². The first kappa shape index (κ1) is 35.9. The van der Waals surface area contributed by atoms with Gasteiger partial charge in [0.25, 0.3) is 0 Å². The molecule has 1 saturated heterocycles. The molecule has 1 fully saturated rings. The second-order valence-corrected chi connectivity index (χ2v) is 12.0. The number of hydrogen-bond donors (Lipinski definition) is 3. The molecule has 3 unspecified atom stereocenters. The van der Waals surface area contributed by atoms with Crippen molar-refractivity contribution in [3.8, 4) is 0 Å². The van der Waals surface area contributed by atoms with Crippen molar-refractivity contribution >= 4 is 41.2 Å². The molecule has 0 saturated carbocycles. The Kier molecular flexibility index (Phi) is 16.4. The molecule has 3 rings (SSSR count). The van der Waals surface area contributed by atoms with Crippen LogP contribution < -0.4 is 16.0 Å².